The summed E-state index contributed by atoms with van der Waals surface area (Å²) in [5.41, 5.74) is 2.75. The van der Waals surface area contributed by atoms with Crippen LogP contribution in [0.2, 0.25) is 0 Å². The summed E-state index contributed by atoms with van der Waals surface area (Å²) in [6.07, 6.45) is 1.77. The van der Waals surface area contributed by atoms with Gasteiger partial charge in [-0.3, -0.25) is 9.36 Å². The number of hydrogen-bond acceptors (Lipinski definition) is 5. The Morgan fingerprint density at radius 2 is 2.29 bits per heavy atom. The summed E-state index contributed by atoms with van der Waals surface area (Å²) in [7, 11) is 0. The van der Waals surface area contributed by atoms with E-state index < -0.39 is 0 Å². The number of thioether (sulfide) groups is 1. The molecule has 0 aliphatic carbocycles. The van der Waals surface area contributed by atoms with E-state index in [1.165, 1.54) is 0 Å². The second-order valence-corrected chi connectivity index (χ2v) is 7.06. The Kier molecular flexibility index (Phi) is 5.61. The highest BCUT2D eigenvalue weighted by molar-refractivity contribution is 7.99. The van der Waals surface area contributed by atoms with E-state index >= 15 is 0 Å². The van der Waals surface area contributed by atoms with Gasteiger partial charge in [-0.05, 0) is 31.6 Å². The summed E-state index contributed by atoms with van der Waals surface area (Å²) in [5.74, 6) is 1.62. The lowest BCUT2D eigenvalue weighted by Gasteiger charge is -2.07. The number of aliphatic hydroxyl groups is 1. The van der Waals surface area contributed by atoms with Gasteiger partial charge >= 0.3 is 0 Å². The molecule has 1 atom stereocenters. The molecule has 0 fully saturated rings. The molecule has 0 saturated heterocycles. The van der Waals surface area contributed by atoms with E-state index in [0.29, 0.717) is 5.75 Å². The SMILES string of the molecule is Cc1cc(C(=O)CSCC(C)CO)c(C)n1-c1nccs1. The van der Waals surface area contributed by atoms with Crippen LogP contribution >= 0.6 is 23.1 Å². The van der Waals surface area contributed by atoms with Gasteiger partial charge < -0.3 is 5.11 Å². The molecule has 2 rings (SSSR count). The van der Waals surface area contributed by atoms with Crippen molar-refractivity contribution in [1.82, 2.24) is 9.55 Å². The second kappa shape index (κ2) is 7.24. The summed E-state index contributed by atoms with van der Waals surface area (Å²) in [4.78, 5) is 16.7. The number of carbonyl (C=O) groups excluding carboxylic acids is 1. The standard InChI is InChI=1S/C15H20N2O2S2/c1-10(7-18)8-20-9-14(19)13-6-11(2)17(12(13)3)15-16-4-5-21-15/h4-6,10,18H,7-9H2,1-3H3. The minimum absolute atomic E-state index is 0.140. The van der Waals surface area contributed by atoms with Crippen LogP contribution in [0.4, 0.5) is 0 Å². The molecule has 2 aromatic rings. The first-order valence-electron chi connectivity index (χ1n) is 6.85. The average molecular weight is 324 g/mol. The van der Waals surface area contributed by atoms with Crippen molar-refractivity contribution in [2.45, 2.75) is 20.8 Å². The van der Waals surface area contributed by atoms with Gasteiger partial charge in [-0.25, -0.2) is 4.98 Å². The first kappa shape index (κ1) is 16.3. The molecule has 0 bridgehead atoms. The maximum Gasteiger partial charge on any atom is 0.193 e. The smallest absolute Gasteiger partial charge is 0.193 e. The zero-order chi connectivity index (χ0) is 15.4. The molecule has 1 unspecified atom stereocenters. The van der Waals surface area contributed by atoms with Crippen molar-refractivity contribution in [1.29, 1.82) is 0 Å². The van der Waals surface area contributed by atoms with Crippen LogP contribution in [0.1, 0.15) is 28.7 Å². The number of thiazole rings is 1. The number of Topliss-reactive ketones (excluding diaryl/α,β-unsaturated/α-hetero) is 1. The maximum atomic E-state index is 12.4. The van der Waals surface area contributed by atoms with Crippen LogP contribution < -0.4 is 0 Å². The molecule has 0 aromatic carbocycles. The third-order valence-corrected chi connectivity index (χ3v) is 5.32. The molecule has 6 heteroatoms. The lowest BCUT2D eigenvalue weighted by molar-refractivity contribution is 0.102. The fourth-order valence-electron chi connectivity index (χ4n) is 2.15. The lowest BCUT2D eigenvalue weighted by atomic mass is 10.2. The Labute approximate surface area is 133 Å². The first-order valence-corrected chi connectivity index (χ1v) is 8.88. The molecular weight excluding hydrogens is 304 g/mol. The van der Waals surface area contributed by atoms with E-state index in [1.807, 2.05) is 36.8 Å². The molecule has 21 heavy (non-hydrogen) atoms. The number of nitrogens with zero attached hydrogens (tertiary/aromatic N) is 2. The van der Waals surface area contributed by atoms with Crippen LogP contribution in [0.15, 0.2) is 17.6 Å². The number of rotatable bonds is 7. The summed E-state index contributed by atoms with van der Waals surface area (Å²) >= 11 is 3.14. The fourth-order valence-corrected chi connectivity index (χ4v) is 3.87. The zero-order valence-electron chi connectivity index (χ0n) is 12.5. The third-order valence-electron chi connectivity index (χ3n) is 3.29. The Hall–Kier alpha value is -1.11. The summed E-state index contributed by atoms with van der Waals surface area (Å²) in [5, 5.41) is 11.8. The van der Waals surface area contributed by atoms with E-state index in [9.17, 15) is 4.79 Å². The summed E-state index contributed by atoms with van der Waals surface area (Å²) < 4.78 is 2.03. The molecule has 114 valence electrons. The van der Waals surface area contributed by atoms with E-state index in [4.69, 9.17) is 5.11 Å². The van der Waals surface area contributed by atoms with E-state index in [0.717, 1.165) is 27.8 Å². The Bertz CT molecular complexity index is 605. The zero-order valence-corrected chi connectivity index (χ0v) is 14.1. The van der Waals surface area contributed by atoms with E-state index in [-0.39, 0.29) is 18.3 Å². The van der Waals surface area contributed by atoms with Gasteiger partial charge in [0.2, 0.25) is 0 Å². The van der Waals surface area contributed by atoms with Gasteiger partial charge in [0.15, 0.2) is 10.9 Å². The molecular formula is C15H20N2O2S2. The predicted octanol–water partition coefficient (Wildman–Crippen LogP) is 3.09. The van der Waals surface area contributed by atoms with Crippen LogP contribution in [0, 0.1) is 19.8 Å². The molecule has 4 nitrogen and oxygen atoms in total. The van der Waals surface area contributed by atoms with Gasteiger partial charge in [0.05, 0.1) is 5.75 Å². The monoisotopic (exact) mass is 324 g/mol. The molecule has 1 N–H and O–H groups in total. The van der Waals surface area contributed by atoms with Crippen LogP contribution in [0.5, 0.6) is 0 Å². The molecule has 0 aliphatic heterocycles. The van der Waals surface area contributed by atoms with Crippen molar-refractivity contribution in [3.63, 3.8) is 0 Å². The number of aryl methyl sites for hydroxylation is 1. The first-order chi connectivity index (χ1) is 10.0. The van der Waals surface area contributed by atoms with Crippen LogP contribution in [-0.4, -0.2) is 38.6 Å². The van der Waals surface area contributed by atoms with E-state index in [1.54, 1.807) is 29.3 Å². The maximum absolute atomic E-state index is 12.4. The van der Waals surface area contributed by atoms with Gasteiger partial charge in [0.25, 0.3) is 0 Å². The molecule has 2 heterocycles. The number of carbonyl (C=O) groups is 1. The molecule has 0 amide bonds. The van der Waals surface area contributed by atoms with Crippen molar-refractivity contribution in [2.75, 3.05) is 18.1 Å². The van der Waals surface area contributed by atoms with Gasteiger partial charge in [-0.1, -0.05) is 6.92 Å². The topological polar surface area (TPSA) is 55.1 Å². The Balaban J connectivity index is 2.11. The fraction of sp³-hybridized carbons (Fsp3) is 0.467. The van der Waals surface area contributed by atoms with Gasteiger partial charge in [0, 0.05) is 35.1 Å². The Morgan fingerprint density at radius 3 is 2.90 bits per heavy atom. The van der Waals surface area contributed by atoms with Crippen molar-refractivity contribution in [3.8, 4) is 5.13 Å². The van der Waals surface area contributed by atoms with Crippen molar-refractivity contribution in [3.05, 3.63) is 34.6 Å². The predicted molar refractivity (Wildman–Crippen MR) is 88.8 cm³/mol. The number of aromatic nitrogens is 2. The summed E-state index contributed by atoms with van der Waals surface area (Å²) in [6.45, 7) is 6.10. The van der Waals surface area contributed by atoms with Crippen LogP contribution in [0.25, 0.3) is 5.13 Å². The lowest BCUT2D eigenvalue weighted by Crippen LogP contribution is -2.09. The van der Waals surface area contributed by atoms with Crippen molar-refractivity contribution in [2.24, 2.45) is 5.92 Å². The number of hydrogen-bond donors (Lipinski definition) is 1. The molecule has 0 spiro atoms. The number of aliphatic hydroxyl groups excluding tert-OH is 1. The highest BCUT2D eigenvalue weighted by atomic mass is 32.2. The third kappa shape index (κ3) is 3.75. The molecule has 0 aliphatic rings. The van der Waals surface area contributed by atoms with Crippen molar-refractivity contribution >= 4 is 28.9 Å². The van der Waals surface area contributed by atoms with Gasteiger partial charge in [-0.2, -0.15) is 11.8 Å². The van der Waals surface area contributed by atoms with Crippen LogP contribution in [-0.2, 0) is 0 Å². The highest BCUT2D eigenvalue weighted by Crippen LogP contribution is 2.23. The molecule has 0 radical (unpaired) electrons. The van der Waals surface area contributed by atoms with Gasteiger partial charge in [0.1, 0.15) is 0 Å². The molecule has 0 saturated carbocycles. The highest BCUT2D eigenvalue weighted by Gasteiger charge is 2.17. The minimum Gasteiger partial charge on any atom is -0.396 e. The largest absolute Gasteiger partial charge is 0.396 e. The minimum atomic E-state index is 0.140. The molecule has 2 aromatic heterocycles. The van der Waals surface area contributed by atoms with Gasteiger partial charge in [-0.15, -0.1) is 11.3 Å². The Morgan fingerprint density at radius 1 is 1.52 bits per heavy atom. The van der Waals surface area contributed by atoms with E-state index in [2.05, 4.69) is 4.98 Å². The van der Waals surface area contributed by atoms with Crippen LogP contribution in [0.3, 0.4) is 0 Å². The number of ketones is 1. The normalized spacial score (nSPS) is 12.6. The quantitative estimate of drug-likeness (QED) is 0.795. The average Bonchev–Trinajstić information content (AvgIpc) is 3.06. The second-order valence-electron chi connectivity index (χ2n) is 5.16. The van der Waals surface area contributed by atoms with Crippen molar-refractivity contribution < 1.29 is 9.90 Å². The summed E-state index contributed by atoms with van der Waals surface area (Å²) in [6, 6.07) is 1.94.